The molecule has 0 aromatic carbocycles. The first-order valence-electron chi connectivity index (χ1n) is 6.00. The average molecular weight is 198 g/mol. The Morgan fingerprint density at radius 1 is 1.29 bits per heavy atom. The molecular weight excluding hydrogens is 176 g/mol. The number of hydrogen-bond donors (Lipinski definition) is 1. The standard InChI is InChI=1S/C12H22O2/c1-14-12(7-4-8-12)11(13)9-10-5-2-3-6-10/h10-11,13H,2-9H2,1H3. The summed E-state index contributed by atoms with van der Waals surface area (Å²) in [4.78, 5) is 0. The Kier molecular flexibility index (Phi) is 3.13. The summed E-state index contributed by atoms with van der Waals surface area (Å²) >= 11 is 0. The molecule has 14 heavy (non-hydrogen) atoms. The van der Waals surface area contributed by atoms with Gasteiger partial charge in [0.05, 0.1) is 11.7 Å². The monoisotopic (exact) mass is 198 g/mol. The molecule has 1 atom stereocenters. The van der Waals surface area contributed by atoms with Crippen molar-refractivity contribution < 1.29 is 9.84 Å². The molecule has 2 aliphatic rings. The van der Waals surface area contributed by atoms with Crippen LogP contribution in [0.3, 0.4) is 0 Å². The van der Waals surface area contributed by atoms with Crippen LogP contribution in [-0.4, -0.2) is 23.9 Å². The van der Waals surface area contributed by atoms with Gasteiger partial charge in [0.25, 0.3) is 0 Å². The fraction of sp³-hybridized carbons (Fsp3) is 1.00. The quantitative estimate of drug-likeness (QED) is 0.752. The average Bonchev–Trinajstić information content (AvgIpc) is 2.55. The highest BCUT2D eigenvalue weighted by Crippen LogP contribution is 2.41. The number of methoxy groups -OCH3 is 1. The van der Waals surface area contributed by atoms with Gasteiger partial charge in [-0.05, 0) is 31.6 Å². The number of hydrogen-bond acceptors (Lipinski definition) is 2. The highest BCUT2D eigenvalue weighted by molar-refractivity contribution is 4.96. The van der Waals surface area contributed by atoms with E-state index in [1.165, 1.54) is 32.1 Å². The molecule has 2 fully saturated rings. The molecule has 0 saturated heterocycles. The van der Waals surface area contributed by atoms with Crippen LogP contribution in [0, 0.1) is 5.92 Å². The van der Waals surface area contributed by atoms with Gasteiger partial charge in [-0.1, -0.05) is 25.7 Å². The van der Waals surface area contributed by atoms with Gasteiger partial charge in [-0.2, -0.15) is 0 Å². The van der Waals surface area contributed by atoms with Gasteiger partial charge in [-0.25, -0.2) is 0 Å². The fourth-order valence-corrected chi connectivity index (χ4v) is 2.98. The zero-order valence-electron chi connectivity index (χ0n) is 9.17. The van der Waals surface area contributed by atoms with Crippen molar-refractivity contribution in [2.75, 3.05) is 7.11 Å². The third-order valence-electron chi connectivity index (χ3n) is 4.25. The van der Waals surface area contributed by atoms with Crippen molar-refractivity contribution in [3.05, 3.63) is 0 Å². The van der Waals surface area contributed by atoms with Gasteiger partial charge >= 0.3 is 0 Å². The van der Waals surface area contributed by atoms with Crippen molar-refractivity contribution in [1.82, 2.24) is 0 Å². The second-order valence-corrected chi connectivity index (χ2v) is 5.02. The second kappa shape index (κ2) is 4.19. The van der Waals surface area contributed by atoms with Crippen LogP contribution in [0.25, 0.3) is 0 Å². The van der Waals surface area contributed by atoms with Crippen LogP contribution in [0.15, 0.2) is 0 Å². The molecule has 2 nitrogen and oxygen atoms in total. The molecule has 0 aromatic rings. The van der Waals surface area contributed by atoms with Crippen molar-refractivity contribution >= 4 is 0 Å². The highest BCUT2D eigenvalue weighted by atomic mass is 16.5. The first-order valence-corrected chi connectivity index (χ1v) is 6.00. The minimum Gasteiger partial charge on any atom is -0.390 e. The molecule has 0 heterocycles. The summed E-state index contributed by atoms with van der Waals surface area (Å²) in [5.74, 6) is 0.762. The largest absolute Gasteiger partial charge is 0.390 e. The Bertz CT molecular complexity index is 175. The van der Waals surface area contributed by atoms with E-state index in [1.807, 2.05) is 0 Å². The number of rotatable bonds is 4. The lowest BCUT2D eigenvalue weighted by molar-refractivity contribution is -0.154. The topological polar surface area (TPSA) is 29.5 Å². The minimum atomic E-state index is -0.218. The third kappa shape index (κ3) is 1.82. The molecule has 2 saturated carbocycles. The smallest absolute Gasteiger partial charge is 0.0936 e. The second-order valence-electron chi connectivity index (χ2n) is 5.02. The molecular formula is C12H22O2. The molecule has 2 aliphatic carbocycles. The Hall–Kier alpha value is -0.0800. The summed E-state index contributed by atoms with van der Waals surface area (Å²) in [5.41, 5.74) is -0.164. The molecule has 82 valence electrons. The highest BCUT2D eigenvalue weighted by Gasteiger charge is 2.44. The summed E-state index contributed by atoms with van der Waals surface area (Å²) in [6.45, 7) is 0. The molecule has 0 amide bonds. The summed E-state index contributed by atoms with van der Waals surface area (Å²) < 4.78 is 5.50. The van der Waals surface area contributed by atoms with Crippen LogP contribution >= 0.6 is 0 Å². The van der Waals surface area contributed by atoms with E-state index in [0.717, 1.165) is 25.2 Å². The number of aliphatic hydroxyl groups excluding tert-OH is 1. The van der Waals surface area contributed by atoms with Crippen LogP contribution in [0.2, 0.25) is 0 Å². The van der Waals surface area contributed by atoms with Crippen LogP contribution in [0.5, 0.6) is 0 Å². The van der Waals surface area contributed by atoms with Crippen molar-refractivity contribution in [1.29, 1.82) is 0 Å². The predicted octanol–water partition coefficient (Wildman–Crippen LogP) is 2.50. The maximum absolute atomic E-state index is 10.2. The first-order chi connectivity index (χ1) is 6.77. The van der Waals surface area contributed by atoms with Gasteiger partial charge in [0.1, 0.15) is 0 Å². The molecule has 1 N–H and O–H groups in total. The summed E-state index contributed by atoms with van der Waals surface area (Å²) in [5, 5.41) is 10.2. The summed E-state index contributed by atoms with van der Waals surface area (Å²) in [6, 6.07) is 0. The lowest BCUT2D eigenvalue weighted by Crippen LogP contribution is -2.50. The summed E-state index contributed by atoms with van der Waals surface area (Å²) in [6.07, 6.45) is 9.42. The first kappa shape index (κ1) is 10.4. The zero-order valence-corrected chi connectivity index (χ0v) is 9.17. The van der Waals surface area contributed by atoms with Gasteiger partial charge in [-0.3, -0.25) is 0 Å². The predicted molar refractivity (Wildman–Crippen MR) is 56.2 cm³/mol. The maximum atomic E-state index is 10.2. The van der Waals surface area contributed by atoms with Crippen molar-refractivity contribution in [3.8, 4) is 0 Å². The molecule has 0 radical (unpaired) electrons. The van der Waals surface area contributed by atoms with Gasteiger partial charge in [0.15, 0.2) is 0 Å². The lowest BCUT2D eigenvalue weighted by atomic mass is 9.73. The van der Waals surface area contributed by atoms with E-state index in [2.05, 4.69) is 0 Å². The minimum absolute atomic E-state index is 0.164. The zero-order chi connectivity index (χ0) is 10.0. The van der Waals surface area contributed by atoms with E-state index in [9.17, 15) is 5.11 Å². The lowest BCUT2D eigenvalue weighted by Gasteiger charge is -2.44. The maximum Gasteiger partial charge on any atom is 0.0936 e. The van der Waals surface area contributed by atoms with Crippen LogP contribution in [0.4, 0.5) is 0 Å². The molecule has 0 aromatic heterocycles. The molecule has 0 spiro atoms. The normalized spacial score (nSPS) is 28.7. The van der Waals surface area contributed by atoms with Crippen molar-refractivity contribution in [3.63, 3.8) is 0 Å². The molecule has 2 heteroatoms. The molecule has 2 rings (SSSR count). The van der Waals surface area contributed by atoms with E-state index in [-0.39, 0.29) is 11.7 Å². The van der Waals surface area contributed by atoms with E-state index in [4.69, 9.17) is 4.74 Å². The molecule has 0 aliphatic heterocycles. The number of ether oxygens (including phenoxy) is 1. The Labute approximate surface area is 86.6 Å². The van der Waals surface area contributed by atoms with E-state index < -0.39 is 0 Å². The number of aliphatic hydroxyl groups is 1. The van der Waals surface area contributed by atoms with E-state index >= 15 is 0 Å². The Morgan fingerprint density at radius 2 is 1.93 bits per heavy atom. The Morgan fingerprint density at radius 3 is 2.36 bits per heavy atom. The fourth-order valence-electron chi connectivity index (χ4n) is 2.98. The SMILES string of the molecule is COC1(C(O)CC2CCCC2)CCC1. The summed E-state index contributed by atoms with van der Waals surface area (Å²) in [7, 11) is 1.75. The van der Waals surface area contributed by atoms with Crippen LogP contribution in [-0.2, 0) is 4.74 Å². The van der Waals surface area contributed by atoms with Crippen molar-refractivity contribution in [2.45, 2.75) is 63.1 Å². The molecule has 0 bridgehead atoms. The van der Waals surface area contributed by atoms with Crippen molar-refractivity contribution in [2.24, 2.45) is 5.92 Å². The van der Waals surface area contributed by atoms with Gasteiger partial charge in [-0.15, -0.1) is 0 Å². The Balaban J connectivity index is 1.84. The molecule has 1 unspecified atom stereocenters. The third-order valence-corrected chi connectivity index (χ3v) is 4.25. The van der Waals surface area contributed by atoms with Gasteiger partial charge in [0.2, 0.25) is 0 Å². The van der Waals surface area contributed by atoms with E-state index in [0.29, 0.717) is 0 Å². The van der Waals surface area contributed by atoms with Crippen LogP contribution in [0.1, 0.15) is 51.4 Å². The van der Waals surface area contributed by atoms with Gasteiger partial charge < -0.3 is 9.84 Å². The van der Waals surface area contributed by atoms with Gasteiger partial charge in [0, 0.05) is 7.11 Å². The van der Waals surface area contributed by atoms with Crippen LogP contribution < -0.4 is 0 Å². The van der Waals surface area contributed by atoms with E-state index in [1.54, 1.807) is 7.11 Å².